The van der Waals surface area contributed by atoms with E-state index in [1.807, 2.05) is 26.8 Å². The van der Waals surface area contributed by atoms with E-state index in [0.29, 0.717) is 26.0 Å². The lowest BCUT2D eigenvalue weighted by Gasteiger charge is -2.40. The molecule has 1 fully saturated rings. The Morgan fingerprint density at radius 1 is 1.32 bits per heavy atom. The Morgan fingerprint density at radius 2 is 2.07 bits per heavy atom. The van der Waals surface area contributed by atoms with Crippen molar-refractivity contribution in [3.8, 4) is 6.07 Å². The molecule has 1 heterocycles. The average Bonchev–Trinajstić information content (AvgIpc) is 2.61. The van der Waals surface area contributed by atoms with Crippen LogP contribution in [0.25, 0.3) is 0 Å². The molecule has 28 heavy (non-hydrogen) atoms. The fourth-order valence-electron chi connectivity index (χ4n) is 3.45. The van der Waals surface area contributed by atoms with E-state index in [-0.39, 0.29) is 30.5 Å². The maximum atomic E-state index is 12.2. The maximum absolute atomic E-state index is 12.2. The van der Waals surface area contributed by atoms with Crippen LogP contribution in [0.5, 0.6) is 0 Å². The smallest absolute Gasteiger partial charge is 0.320 e. The van der Waals surface area contributed by atoms with E-state index in [1.165, 1.54) is 12.0 Å². The molecule has 2 atom stereocenters. The van der Waals surface area contributed by atoms with Gasteiger partial charge in [0.15, 0.2) is 0 Å². The van der Waals surface area contributed by atoms with Gasteiger partial charge in [-0.15, -0.1) is 0 Å². The number of hydroxylamine groups is 2. The number of rotatable bonds is 6. The molecule has 1 aliphatic heterocycles. The Kier molecular flexibility index (Phi) is 7.78. The first-order valence-corrected chi connectivity index (χ1v) is 9.83. The number of piperidine rings is 1. The molecule has 0 aromatic heterocycles. The fraction of sp³-hybridized carbons (Fsp3) is 0.667. The summed E-state index contributed by atoms with van der Waals surface area (Å²) in [4.78, 5) is 32.0. The Morgan fingerprint density at radius 3 is 2.64 bits per heavy atom. The van der Waals surface area contributed by atoms with Crippen LogP contribution in [0, 0.1) is 11.3 Å². The summed E-state index contributed by atoms with van der Waals surface area (Å²) < 4.78 is 5.39. The van der Waals surface area contributed by atoms with Crippen LogP contribution >= 0.6 is 0 Å². The zero-order valence-corrected chi connectivity index (χ0v) is 17.3. The molecule has 154 valence electrons. The van der Waals surface area contributed by atoms with E-state index in [9.17, 15) is 14.9 Å². The predicted octanol–water partition coefficient (Wildman–Crippen LogP) is 2.74. The summed E-state index contributed by atoms with van der Waals surface area (Å²) in [6.07, 6.45) is 9.45. The second kappa shape index (κ2) is 9.85. The number of likely N-dealkylation sites (tertiary alicyclic amines) is 1. The highest BCUT2D eigenvalue weighted by atomic mass is 16.7. The topological polar surface area (TPSA) is 82.9 Å². The van der Waals surface area contributed by atoms with Gasteiger partial charge in [0.25, 0.3) is 0 Å². The first-order chi connectivity index (χ1) is 13.2. The van der Waals surface area contributed by atoms with E-state index in [0.717, 1.165) is 18.4 Å². The molecule has 2 aliphatic rings. The summed E-state index contributed by atoms with van der Waals surface area (Å²) in [5.41, 5.74) is 0.471. The molecule has 0 spiro atoms. The van der Waals surface area contributed by atoms with Gasteiger partial charge in [0.2, 0.25) is 5.91 Å². The van der Waals surface area contributed by atoms with Crippen LogP contribution in [0.3, 0.4) is 0 Å². The normalized spacial score (nSPS) is 22.9. The van der Waals surface area contributed by atoms with Crippen LogP contribution in [0.2, 0.25) is 0 Å². The number of hydrogen-bond acceptors (Lipinski definition) is 6. The quantitative estimate of drug-likeness (QED) is 0.513. The molecule has 7 nitrogen and oxygen atoms in total. The highest BCUT2D eigenvalue weighted by Gasteiger charge is 2.35. The van der Waals surface area contributed by atoms with Crippen molar-refractivity contribution in [3.63, 3.8) is 0 Å². The van der Waals surface area contributed by atoms with Gasteiger partial charge in [-0.25, -0.2) is 5.06 Å². The Hall–Kier alpha value is -2.17. The zero-order valence-electron chi connectivity index (χ0n) is 17.3. The van der Waals surface area contributed by atoms with Gasteiger partial charge in [-0.05, 0) is 52.0 Å². The number of nitriles is 1. The van der Waals surface area contributed by atoms with Crippen LogP contribution < -0.4 is 0 Å². The minimum Gasteiger partial charge on any atom is -0.459 e. The first kappa shape index (κ1) is 22.1. The number of allylic oxidation sites excluding steroid dienone is 2. The second-order valence-corrected chi connectivity index (χ2v) is 8.27. The lowest BCUT2D eigenvalue weighted by atomic mass is 9.98. The molecule has 0 aromatic rings. The molecule has 1 aliphatic carbocycles. The maximum Gasteiger partial charge on any atom is 0.320 e. The lowest BCUT2D eigenvalue weighted by Crippen LogP contribution is -2.54. The van der Waals surface area contributed by atoms with Gasteiger partial charge in [-0.1, -0.05) is 18.2 Å². The summed E-state index contributed by atoms with van der Waals surface area (Å²) in [6, 6.07) is 1.67. The molecule has 0 aromatic carbocycles. The number of amides is 1. The van der Waals surface area contributed by atoms with Gasteiger partial charge in [0, 0.05) is 13.5 Å². The largest absolute Gasteiger partial charge is 0.459 e. The Bertz CT molecular complexity index is 672. The molecule has 0 radical (unpaired) electrons. The van der Waals surface area contributed by atoms with Gasteiger partial charge < -0.3 is 4.74 Å². The van der Waals surface area contributed by atoms with Gasteiger partial charge in [-0.2, -0.15) is 5.26 Å². The van der Waals surface area contributed by atoms with Crippen molar-refractivity contribution in [1.82, 2.24) is 9.96 Å². The highest BCUT2D eigenvalue weighted by molar-refractivity contribution is 5.73. The van der Waals surface area contributed by atoms with Crippen LogP contribution in [-0.4, -0.2) is 59.2 Å². The Labute approximate surface area is 167 Å². The van der Waals surface area contributed by atoms with E-state index in [1.54, 1.807) is 4.90 Å². The van der Waals surface area contributed by atoms with Crippen molar-refractivity contribution >= 4 is 11.9 Å². The van der Waals surface area contributed by atoms with Gasteiger partial charge in [0.05, 0.1) is 31.3 Å². The van der Waals surface area contributed by atoms with Crippen molar-refractivity contribution in [2.75, 3.05) is 19.7 Å². The number of ether oxygens (including phenoxy) is 1. The third-order valence-corrected chi connectivity index (χ3v) is 4.64. The van der Waals surface area contributed by atoms with Crippen molar-refractivity contribution in [3.05, 3.63) is 23.8 Å². The van der Waals surface area contributed by atoms with E-state index >= 15 is 0 Å². The van der Waals surface area contributed by atoms with Crippen LogP contribution in [0.15, 0.2) is 23.8 Å². The minimum absolute atomic E-state index is 0.0195. The van der Waals surface area contributed by atoms with Crippen LogP contribution in [0.1, 0.15) is 53.4 Å². The number of esters is 1. The monoisotopic (exact) mass is 389 g/mol. The van der Waals surface area contributed by atoms with E-state index in [2.05, 4.69) is 18.2 Å². The number of carbonyl (C=O) groups is 2. The predicted molar refractivity (Wildman–Crippen MR) is 105 cm³/mol. The van der Waals surface area contributed by atoms with Crippen LogP contribution in [0.4, 0.5) is 0 Å². The van der Waals surface area contributed by atoms with Crippen molar-refractivity contribution < 1.29 is 19.2 Å². The number of carbonyl (C=O) groups excluding carboxylic acids is 2. The first-order valence-electron chi connectivity index (χ1n) is 9.83. The SMILES string of the molecule is CC(=O)N(OCC1=CCCC=C1)C1CCC(C#N)N(CC(=O)OC(C)(C)C)C1. The second-order valence-electron chi connectivity index (χ2n) is 8.27. The Balaban J connectivity index is 2.01. The lowest BCUT2D eigenvalue weighted by molar-refractivity contribution is -0.200. The third-order valence-electron chi connectivity index (χ3n) is 4.64. The highest BCUT2D eigenvalue weighted by Crippen LogP contribution is 2.23. The molecule has 0 bridgehead atoms. The summed E-state index contributed by atoms with van der Waals surface area (Å²) in [7, 11) is 0. The fourth-order valence-corrected chi connectivity index (χ4v) is 3.45. The average molecular weight is 389 g/mol. The van der Waals surface area contributed by atoms with Crippen LogP contribution in [-0.2, 0) is 19.2 Å². The summed E-state index contributed by atoms with van der Waals surface area (Å²) in [5.74, 6) is -0.556. The van der Waals surface area contributed by atoms with Gasteiger partial charge in [0.1, 0.15) is 5.60 Å². The molecule has 1 amide bonds. The van der Waals surface area contributed by atoms with Crippen molar-refractivity contribution in [2.24, 2.45) is 0 Å². The van der Waals surface area contributed by atoms with E-state index < -0.39 is 5.60 Å². The van der Waals surface area contributed by atoms with Crippen molar-refractivity contribution in [2.45, 2.75) is 71.1 Å². The molecule has 0 saturated carbocycles. The standard InChI is InChI=1S/C21H31N3O4/c1-16(25)24(27-15-17-8-6-5-7-9-17)19-11-10-18(12-22)23(13-19)14-20(26)28-21(2,3)4/h6,8-9,18-19H,5,7,10-11,13-15H2,1-4H3. The summed E-state index contributed by atoms with van der Waals surface area (Å²) in [6.45, 7) is 7.65. The third kappa shape index (κ3) is 6.77. The molecule has 1 saturated heterocycles. The molecular formula is C21H31N3O4. The molecule has 7 heteroatoms. The molecule has 2 unspecified atom stereocenters. The zero-order chi connectivity index (χ0) is 20.7. The molecule has 0 N–H and O–H groups in total. The number of hydrogen-bond donors (Lipinski definition) is 0. The molecule has 2 rings (SSSR count). The number of nitrogens with zero attached hydrogens (tertiary/aromatic N) is 3. The van der Waals surface area contributed by atoms with E-state index in [4.69, 9.17) is 9.57 Å². The summed E-state index contributed by atoms with van der Waals surface area (Å²) >= 11 is 0. The minimum atomic E-state index is -0.579. The van der Waals surface area contributed by atoms with Gasteiger partial charge in [-0.3, -0.25) is 19.3 Å². The summed E-state index contributed by atoms with van der Waals surface area (Å²) in [5, 5.41) is 10.8. The molecular weight excluding hydrogens is 358 g/mol. The van der Waals surface area contributed by atoms with Gasteiger partial charge >= 0.3 is 5.97 Å². The van der Waals surface area contributed by atoms with Crippen molar-refractivity contribution in [1.29, 1.82) is 5.26 Å².